The Hall–Kier alpha value is -2.41. The van der Waals surface area contributed by atoms with Crippen molar-refractivity contribution >= 4 is 22.4 Å². The molecule has 0 saturated heterocycles. The standard InChI is InChI=1S/C23H30N2O4S/c1-3-5-11-19-18(20(21(26)27)25(24-19)14-6-4-2)16-17-10-9-15-30(17)23(22(28)29)12-7-8-13-23/h7-10,15H,3-6,11-14,16H2,1-2H3,(H-,26,27,28,29)/p+1. The van der Waals surface area contributed by atoms with Crippen LogP contribution >= 0.6 is 10.5 Å². The summed E-state index contributed by atoms with van der Waals surface area (Å²) in [5.41, 5.74) is 1.86. The van der Waals surface area contributed by atoms with E-state index >= 15 is 0 Å². The molecule has 1 aliphatic rings. The molecular weight excluding hydrogens is 400 g/mol. The molecule has 162 valence electrons. The van der Waals surface area contributed by atoms with Crippen LogP contribution in [-0.4, -0.2) is 31.9 Å². The van der Waals surface area contributed by atoms with Gasteiger partial charge in [0, 0.05) is 24.9 Å². The van der Waals surface area contributed by atoms with Gasteiger partial charge in [0.2, 0.25) is 4.75 Å². The van der Waals surface area contributed by atoms with Gasteiger partial charge in [0.25, 0.3) is 0 Å². The quantitative estimate of drug-likeness (QED) is 0.377. The number of hydrogen-bond acceptors (Lipinski definition) is 3. The van der Waals surface area contributed by atoms with Crippen molar-refractivity contribution in [2.45, 2.75) is 76.5 Å². The molecular formula is C23H31N2O4S+. The summed E-state index contributed by atoms with van der Waals surface area (Å²) in [4.78, 5) is 25.4. The lowest BCUT2D eigenvalue weighted by molar-refractivity contribution is -0.141. The van der Waals surface area contributed by atoms with Crippen LogP contribution in [0, 0.1) is 0 Å². The molecule has 0 fully saturated rings. The first-order valence-corrected chi connectivity index (χ1v) is 12.0. The van der Waals surface area contributed by atoms with E-state index in [1.807, 2.05) is 29.7 Å². The van der Waals surface area contributed by atoms with E-state index in [0.29, 0.717) is 25.8 Å². The van der Waals surface area contributed by atoms with Crippen molar-refractivity contribution in [1.29, 1.82) is 0 Å². The van der Waals surface area contributed by atoms with Crippen molar-refractivity contribution in [1.82, 2.24) is 9.78 Å². The van der Waals surface area contributed by atoms with Crippen LogP contribution in [0.3, 0.4) is 0 Å². The molecule has 0 bridgehead atoms. The van der Waals surface area contributed by atoms with Crippen LogP contribution in [0.2, 0.25) is 0 Å². The highest BCUT2D eigenvalue weighted by Gasteiger charge is 2.51. The van der Waals surface area contributed by atoms with E-state index in [9.17, 15) is 19.8 Å². The van der Waals surface area contributed by atoms with Crippen molar-refractivity contribution in [2.75, 3.05) is 0 Å². The van der Waals surface area contributed by atoms with Gasteiger partial charge in [-0.2, -0.15) is 5.10 Å². The molecule has 2 N–H and O–H groups in total. The third-order valence-corrected chi connectivity index (χ3v) is 8.45. The first-order chi connectivity index (χ1) is 14.4. The minimum Gasteiger partial charge on any atom is -0.477 e. The van der Waals surface area contributed by atoms with Gasteiger partial charge < -0.3 is 10.2 Å². The lowest BCUT2D eigenvalue weighted by Gasteiger charge is -2.17. The largest absolute Gasteiger partial charge is 0.477 e. The Morgan fingerprint density at radius 2 is 1.87 bits per heavy atom. The number of aliphatic carboxylic acids is 1. The molecule has 1 aliphatic carbocycles. The molecule has 1 atom stereocenters. The molecule has 0 saturated carbocycles. The second kappa shape index (κ2) is 9.60. The normalized spacial score (nSPS) is 15.6. The number of aromatic carboxylic acids is 1. The second-order valence-electron chi connectivity index (χ2n) is 7.91. The van der Waals surface area contributed by atoms with Crippen molar-refractivity contribution in [3.05, 3.63) is 51.5 Å². The van der Waals surface area contributed by atoms with Crippen LogP contribution in [0.1, 0.15) is 79.0 Å². The van der Waals surface area contributed by atoms with Crippen LogP contribution in [-0.2, 0) is 28.9 Å². The van der Waals surface area contributed by atoms with E-state index in [-0.39, 0.29) is 5.69 Å². The average Bonchev–Trinajstić information content (AvgIpc) is 3.44. The molecule has 0 aromatic carbocycles. The van der Waals surface area contributed by atoms with Gasteiger partial charge in [-0.05, 0) is 41.9 Å². The van der Waals surface area contributed by atoms with Crippen molar-refractivity contribution in [3.8, 4) is 0 Å². The van der Waals surface area contributed by atoms with Gasteiger partial charge in [-0.15, -0.1) is 0 Å². The summed E-state index contributed by atoms with van der Waals surface area (Å²) in [5, 5.41) is 26.7. The third kappa shape index (κ3) is 4.21. The minimum atomic E-state index is -0.960. The van der Waals surface area contributed by atoms with Crippen molar-refractivity contribution in [2.24, 2.45) is 0 Å². The van der Waals surface area contributed by atoms with Crippen molar-refractivity contribution in [3.63, 3.8) is 0 Å². The van der Waals surface area contributed by atoms with Gasteiger partial charge in [0.05, 0.1) is 12.1 Å². The fourth-order valence-electron chi connectivity index (χ4n) is 4.15. The molecule has 0 radical (unpaired) electrons. The number of rotatable bonds is 11. The molecule has 0 spiro atoms. The summed E-state index contributed by atoms with van der Waals surface area (Å²) in [7, 11) is -0.573. The van der Waals surface area contributed by atoms with Gasteiger partial charge >= 0.3 is 11.9 Å². The minimum absolute atomic E-state index is 0.264. The van der Waals surface area contributed by atoms with E-state index in [1.165, 1.54) is 0 Å². The number of aromatic nitrogens is 2. The maximum absolute atomic E-state index is 12.2. The van der Waals surface area contributed by atoms with Crippen LogP contribution in [0.15, 0.2) is 29.7 Å². The number of aryl methyl sites for hydroxylation is 2. The Balaban J connectivity index is 2.04. The molecule has 6 nitrogen and oxygen atoms in total. The Bertz CT molecular complexity index is 933. The SMILES string of the molecule is CCCCc1nn(CCCC)c(C(=O)O)c1Cc1ccc[s+]1C1(C(=O)O)CC=CC1. The Morgan fingerprint density at radius 3 is 2.47 bits per heavy atom. The van der Waals surface area contributed by atoms with Crippen LogP contribution in [0.5, 0.6) is 0 Å². The zero-order chi connectivity index (χ0) is 21.7. The van der Waals surface area contributed by atoms with E-state index in [2.05, 4.69) is 18.9 Å². The highest BCUT2D eigenvalue weighted by molar-refractivity contribution is 7.33. The van der Waals surface area contributed by atoms with E-state index in [4.69, 9.17) is 0 Å². The molecule has 3 rings (SSSR count). The number of carbonyl (C=O) groups is 2. The topological polar surface area (TPSA) is 92.4 Å². The van der Waals surface area contributed by atoms with Gasteiger partial charge in [-0.3, -0.25) is 4.68 Å². The first-order valence-electron chi connectivity index (χ1n) is 10.8. The van der Waals surface area contributed by atoms with Gasteiger partial charge in [0.15, 0.2) is 4.88 Å². The zero-order valence-electron chi connectivity index (χ0n) is 17.8. The predicted molar refractivity (Wildman–Crippen MR) is 118 cm³/mol. The average molecular weight is 432 g/mol. The lowest BCUT2D eigenvalue weighted by atomic mass is 10.0. The lowest BCUT2D eigenvalue weighted by Crippen LogP contribution is -2.28. The van der Waals surface area contributed by atoms with Gasteiger partial charge in [-0.25, -0.2) is 9.59 Å². The Labute approximate surface area is 180 Å². The fourth-order valence-corrected chi connectivity index (χ4v) is 6.58. The number of thiophene rings is 1. The summed E-state index contributed by atoms with van der Waals surface area (Å²) in [6, 6.07) is 3.90. The Morgan fingerprint density at radius 1 is 1.17 bits per heavy atom. The number of carboxylic acid groups (broad SMARTS) is 2. The predicted octanol–water partition coefficient (Wildman–Crippen LogP) is 5.19. The molecule has 0 aliphatic heterocycles. The Kier molecular flexibility index (Phi) is 7.13. The summed E-state index contributed by atoms with van der Waals surface area (Å²) < 4.78 is 0.807. The van der Waals surface area contributed by atoms with E-state index in [0.717, 1.165) is 48.2 Å². The molecule has 2 heterocycles. The van der Waals surface area contributed by atoms with Gasteiger partial charge in [0.1, 0.15) is 11.1 Å². The fraction of sp³-hybridized carbons (Fsp3) is 0.522. The van der Waals surface area contributed by atoms with E-state index in [1.54, 1.807) is 4.68 Å². The molecule has 2 aromatic rings. The molecule has 0 amide bonds. The highest BCUT2D eigenvalue weighted by atomic mass is 32.2. The summed E-state index contributed by atoms with van der Waals surface area (Å²) in [5.74, 6) is -1.74. The second-order valence-corrected chi connectivity index (χ2v) is 10.2. The summed E-state index contributed by atoms with van der Waals surface area (Å²) in [6.45, 7) is 4.77. The van der Waals surface area contributed by atoms with Crippen LogP contribution < -0.4 is 0 Å². The maximum Gasteiger partial charge on any atom is 0.365 e. The van der Waals surface area contributed by atoms with Crippen LogP contribution in [0.4, 0.5) is 0 Å². The molecule has 7 heteroatoms. The number of hydrogen-bond donors (Lipinski definition) is 2. The monoisotopic (exact) mass is 431 g/mol. The molecule has 30 heavy (non-hydrogen) atoms. The maximum atomic E-state index is 12.2. The molecule has 1 unspecified atom stereocenters. The molecule has 2 aromatic heterocycles. The number of unbranched alkanes of at least 4 members (excludes halogenated alkanes) is 2. The highest BCUT2D eigenvalue weighted by Crippen LogP contribution is 2.50. The third-order valence-electron chi connectivity index (χ3n) is 5.83. The summed E-state index contributed by atoms with van der Waals surface area (Å²) in [6.07, 6.45) is 9.89. The van der Waals surface area contributed by atoms with Crippen molar-refractivity contribution < 1.29 is 19.8 Å². The smallest absolute Gasteiger partial charge is 0.365 e. The van der Waals surface area contributed by atoms with E-state index < -0.39 is 27.2 Å². The number of allylic oxidation sites excluding steroid dienone is 2. The van der Waals surface area contributed by atoms with Crippen LogP contribution in [0.25, 0.3) is 0 Å². The zero-order valence-corrected chi connectivity index (χ0v) is 18.6. The number of carboxylic acids is 2. The summed E-state index contributed by atoms with van der Waals surface area (Å²) >= 11 is 0. The first kappa shape index (κ1) is 22.3. The van der Waals surface area contributed by atoms with Gasteiger partial charge in [-0.1, -0.05) is 38.8 Å². The number of nitrogens with zero attached hydrogens (tertiary/aromatic N) is 2.